The number of rotatable bonds is 6. The molecule has 1 rings (SSSR count). The van der Waals surface area contributed by atoms with Gasteiger partial charge in [0.1, 0.15) is 0 Å². The van der Waals surface area contributed by atoms with Crippen LogP contribution in [0.25, 0.3) is 0 Å². The molecule has 0 aliphatic rings. The van der Waals surface area contributed by atoms with Crippen molar-refractivity contribution in [3.63, 3.8) is 0 Å². The Balaban J connectivity index is 2.47. The van der Waals surface area contributed by atoms with Crippen molar-refractivity contribution in [1.29, 1.82) is 0 Å². The first-order valence-corrected chi connectivity index (χ1v) is 6.27. The summed E-state index contributed by atoms with van der Waals surface area (Å²) in [5, 5.41) is 21.2. The van der Waals surface area contributed by atoms with Gasteiger partial charge in [0.05, 0.1) is 19.3 Å². The minimum absolute atomic E-state index is 0.234. The Hall–Kier alpha value is -0.810. The fraction of sp³-hybridized carbons (Fsp3) is 0.417. The highest BCUT2D eigenvalue weighted by Gasteiger charge is 2.10. The zero-order valence-electron chi connectivity index (χ0n) is 9.70. The molecule has 6 heteroatoms. The van der Waals surface area contributed by atoms with E-state index in [2.05, 4.69) is 5.32 Å². The molecule has 0 saturated heterocycles. The van der Waals surface area contributed by atoms with Crippen LogP contribution in [0.3, 0.4) is 0 Å². The average Bonchev–Trinajstić information content (AvgIpc) is 2.35. The van der Waals surface area contributed by atoms with E-state index in [1.807, 2.05) is 0 Å². The molecule has 0 heterocycles. The molecule has 3 N–H and O–H groups in total. The molecule has 0 unspecified atom stereocenters. The van der Waals surface area contributed by atoms with Crippen molar-refractivity contribution in [3.8, 4) is 0 Å². The molecular formula is C12H15Cl2NO3. The largest absolute Gasteiger partial charge is 0.394 e. The first kappa shape index (κ1) is 15.2. The Morgan fingerprint density at radius 2 is 1.94 bits per heavy atom. The van der Waals surface area contributed by atoms with Crippen LogP contribution in [0.4, 0.5) is 0 Å². The molecule has 0 aliphatic carbocycles. The molecule has 1 aromatic rings. The maximum absolute atomic E-state index is 11.5. The van der Waals surface area contributed by atoms with Crippen molar-refractivity contribution < 1.29 is 15.0 Å². The molecule has 100 valence electrons. The monoisotopic (exact) mass is 291 g/mol. The number of benzene rings is 1. The number of nitrogens with one attached hydrogen (secondary N) is 1. The Labute approximate surface area is 116 Å². The molecule has 1 amide bonds. The zero-order valence-corrected chi connectivity index (χ0v) is 11.2. The maximum Gasteiger partial charge on any atom is 0.220 e. The summed E-state index contributed by atoms with van der Waals surface area (Å²) in [5.74, 6) is -0.242. The lowest BCUT2D eigenvalue weighted by Gasteiger charge is -2.13. The fourth-order valence-corrected chi connectivity index (χ4v) is 1.92. The van der Waals surface area contributed by atoms with Crippen LogP contribution >= 0.6 is 23.2 Å². The topological polar surface area (TPSA) is 69.6 Å². The SMILES string of the molecule is O=C(CCc1ccc(Cl)cc1Cl)NC(CO)CO. The molecule has 0 aliphatic heterocycles. The van der Waals surface area contributed by atoms with Crippen LogP contribution in [0.2, 0.25) is 10.0 Å². The second kappa shape index (κ2) is 7.59. The van der Waals surface area contributed by atoms with E-state index >= 15 is 0 Å². The van der Waals surface area contributed by atoms with Gasteiger partial charge in [0.25, 0.3) is 0 Å². The first-order chi connectivity index (χ1) is 8.56. The van der Waals surface area contributed by atoms with Gasteiger partial charge >= 0.3 is 0 Å². The summed E-state index contributed by atoms with van der Waals surface area (Å²) in [5.41, 5.74) is 0.834. The van der Waals surface area contributed by atoms with Crippen molar-refractivity contribution in [2.24, 2.45) is 0 Å². The van der Waals surface area contributed by atoms with Gasteiger partial charge in [-0.15, -0.1) is 0 Å². The number of halogens is 2. The number of carbonyl (C=O) groups is 1. The molecule has 4 nitrogen and oxygen atoms in total. The minimum atomic E-state index is -0.613. The Morgan fingerprint density at radius 3 is 2.50 bits per heavy atom. The van der Waals surface area contributed by atoms with E-state index in [1.54, 1.807) is 18.2 Å². The quantitative estimate of drug-likeness (QED) is 0.742. The second-order valence-corrected chi connectivity index (χ2v) is 4.71. The summed E-state index contributed by atoms with van der Waals surface area (Å²) in [6.45, 7) is -0.576. The third kappa shape index (κ3) is 4.82. The van der Waals surface area contributed by atoms with E-state index in [4.69, 9.17) is 33.4 Å². The van der Waals surface area contributed by atoms with Gasteiger partial charge in [-0.3, -0.25) is 4.79 Å². The van der Waals surface area contributed by atoms with Gasteiger partial charge in [0.2, 0.25) is 5.91 Å². The highest BCUT2D eigenvalue weighted by atomic mass is 35.5. The molecule has 0 atom stereocenters. The van der Waals surface area contributed by atoms with Crippen molar-refractivity contribution in [3.05, 3.63) is 33.8 Å². The van der Waals surface area contributed by atoms with E-state index in [-0.39, 0.29) is 25.5 Å². The predicted octanol–water partition coefficient (Wildman–Crippen LogP) is 1.40. The van der Waals surface area contributed by atoms with Gasteiger partial charge in [-0.1, -0.05) is 29.3 Å². The van der Waals surface area contributed by atoms with Crippen LogP contribution in [0.5, 0.6) is 0 Å². The fourth-order valence-electron chi connectivity index (χ4n) is 1.42. The number of aryl methyl sites for hydroxylation is 1. The van der Waals surface area contributed by atoms with Crippen LogP contribution in [-0.2, 0) is 11.2 Å². The standard InChI is InChI=1S/C12H15Cl2NO3/c13-9-3-1-8(11(14)5-9)2-4-12(18)15-10(6-16)7-17/h1,3,5,10,16-17H,2,4,6-7H2,(H,15,18). The summed E-state index contributed by atoms with van der Waals surface area (Å²) in [4.78, 5) is 11.5. The number of hydrogen-bond donors (Lipinski definition) is 3. The van der Waals surface area contributed by atoms with Gasteiger partial charge in [-0.25, -0.2) is 0 Å². The van der Waals surface area contributed by atoms with E-state index < -0.39 is 6.04 Å². The number of amides is 1. The first-order valence-electron chi connectivity index (χ1n) is 5.51. The van der Waals surface area contributed by atoms with Crippen LogP contribution in [-0.4, -0.2) is 35.4 Å². The summed E-state index contributed by atoms with van der Waals surface area (Å²) < 4.78 is 0. The highest BCUT2D eigenvalue weighted by Crippen LogP contribution is 2.21. The van der Waals surface area contributed by atoms with Gasteiger partial charge in [-0.05, 0) is 24.1 Å². The molecule has 0 radical (unpaired) electrons. The van der Waals surface area contributed by atoms with Crippen LogP contribution in [0.15, 0.2) is 18.2 Å². The maximum atomic E-state index is 11.5. The normalized spacial score (nSPS) is 10.7. The Bertz CT molecular complexity index is 408. The summed E-state index contributed by atoms with van der Waals surface area (Å²) in [6, 6.07) is 4.50. The van der Waals surface area contributed by atoms with Gasteiger partial charge in [-0.2, -0.15) is 0 Å². The third-order valence-electron chi connectivity index (χ3n) is 2.44. The Morgan fingerprint density at radius 1 is 1.28 bits per heavy atom. The molecule has 18 heavy (non-hydrogen) atoms. The highest BCUT2D eigenvalue weighted by molar-refractivity contribution is 6.35. The van der Waals surface area contributed by atoms with E-state index in [0.717, 1.165) is 5.56 Å². The smallest absolute Gasteiger partial charge is 0.220 e. The molecule has 0 spiro atoms. The van der Waals surface area contributed by atoms with Crippen LogP contribution < -0.4 is 5.32 Å². The van der Waals surface area contributed by atoms with Gasteiger partial charge in [0.15, 0.2) is 0 Å². The molecule has 0 aromatic heterocycles. The summed E-state index contributed by atoms with van der Waals surface area (Å²) >= 11 is 11.7. The molecular weight excluding hydrogens is 277 g/mol. The van der Waals surface area contributed by atoms with E-state index in [1.165, 1.54) is 0 Å². The molecule has 0 bridgehead atoms. The zero-order chi connectivity index (χ0) is 13.5. The summed E-state index contributed by atoms with van der Waals surface area (Å²) in [7, 11) is 0. The third-order valence-corrected chi connectivity index (χ3v) is 3.03. The number of aliphatic hydroxyl groups is 2. The number of hydrogen-bond acceptors (Lipinski definition) is 3. The minimum Gasteiger partial charge on any atom is -0.394 e. The van der Waals surface area contributed by atoms with Crippen LogP contribution in [0.1, 0.15) is 12.0 Å². The molecule has 0 fully saturated rings. The molecule has 1 aromatic carbocycles. The lowest BCUT2D eigenvalue weighted by molar-refractivity contribution is -0.122. The van der Waals surface area contributed by atoms with Gasteiger partial charge < -0.3 is 15.5 Å². The number of aliphatic hydroxyl groups excluding tert-OH is 2. The lowest BCUT2D eigenvalue weighted by atomic mass is 10.1. The van der Waals surface area contributed by atoms with E-state index in [9.17, 15) is 4.79 Å². The van der Waals surface area contributed by atoms with Crippen molar-refractivity contribution >= 4 is 29.1 Å². The molecule has 0 saturated carbocycles. The van der Waals surface area contributed by atoms with Crippen molar-refractivity contribution in [2.45, 2.75) is 18.9 Å². The second-order valence-electron chi connectivity index (χ2n) is 3.87. The van der Waals surface area contributed by atoms with Gasteiger partial charge in [0, 0.05) is 16.5 Å². The predicted molar refractivity (Wildman–Crippen MR) is 70.9 cm³/mol. The number of carbonyl (C=O) groups excluding carboxylic acids is 1. The van der Waals surface area contributed by atoms with E-state index in [0.29, 0.717) is 16.5 Å². The average molecular weight is 292 g/mol. The van der Waals surface area contributed by atoms with Crippen molar-refractivity contribution in [1.82, 2.24) is 5.32 Å². The lowest BCUT2D eigenvalue weighted by Crippen LogP contribution is -2.40. The Kier molecular flexibility index (Phi) is 6.43. The summed E-state index contributed by atoms with van der Waals surface area (Å²) in [6.07, 6.45) is 0.712. The van der Waals surface area contributed by atoms with Crippen molar-refractivity contribution in [2.75, 3.05) is 13.2 Å². The van der Waals surface area contributed by atoms with Crippen LogP contribution in [0, 0.1) is 0 Å².